The number of ether oxygens (including phenoxy) is 1. The van der Waals surface area contributed by atoms with Crippen LogP contribution in [0.1, 0.15) is 24.2 Å². The standard InChI is InChI=1S/C19H25N5O/c1-14-4-2-5-16(23-14)13-24-10-11-25-18-15(6-7-17(18)24)12-22-19-20-8-3-9-21-19/h2-5,8-9,15,17-18H,6-7,10-13H2,1H3,(H,20,21,22)/t15?,17-,18-/m0/s1. The van der Waals surface area contributed by atoms with Crippen LogP contribution in [-0.2, 0) is 11.3 Å². The van der Waals surface area contributed by atoms with Gasteiger partial charge in [0.25, 0.3) is 0 Å². The van der Waals surface area contributed by atoms with Crippen molar-refractivity contribution in [3.8, 4) is 0 Å². The molecule has 2 aromatic rings. The predicted octanol–water partition coefficient (Wildman–Crippen LogP) is 2.27. The Balaban J connectivity index is 1.38. The molecule has 1 N–H and O–H groups in total. The monoisotopic (exact) mass is 339 g/mol. The molecule has 1 unspecified atom stereocenters. The number of fused-ring (bicyclic) bond motifs is 1. The number of pyridine rings is 1. The van der Waals surface area contributed by atoms with Gasteiger partial charge in [-0.15, -0.1) is 0 Å². The van der Waals surface area contributed by atoms with Crippen molar-refractivity contribution in [3.63, 3.8) is 0 Å². The third-order valence-electron chi connectivity index (χ3n) is 5.23. The van der Waals surface area contributed by atoms with Crippen LogP contribution in [0, 0.1) is 12.8 Å². The van der Waals surface area contributed by atoms with E-state index in [1.54, 1.807) is 12.4 Å². The van der Waals surface area contributed by atoms with Crippen molar-refractivity contribution in [2.75, 3.05) is 25.0 Å². The van der Waals surface area contributed by atoms with Gasteiger partial charge < -0.3 is 10.1 Å². The van der Waals surface area contributed by atoms with E-state index in [2.05, 4.69) is 50.3 Å². The molecule has 2 aromatic heterocycles. The van der Waals surface area contributed by atoms with Crippen LogP contribution in [0.25, 0.3) is 0 Å². The molecule has 132 valence electrons. The molecule has 0 radical (unpaired) electrons. The van der Waals surface area contributed by atoms with Crippen LogP contribution in [0.15, 0.2) is 36.7 Å². The molecule has 1 aliphatic heterocycles. The van der Waals surface area contributed by atoms with Gasteiger partial charge in [-0.2, -0.15) is 0 Å². The number of nitrogens with zero attached hydrogens (tertiary/aromatic N) is 4. The molecule has 6 heteroatoms. The lowest BCUT2D eigenvalue weighted by atomic mass is 10.0. The zero-order valence-electron chi connectivity index (χ0n) is 14.6. The fourth-order valence-electron chi connectivity index (χ4n) is 4.06. The molecule has 25 heavy (non-hydrogen) atoms. The lowest BCUT2D eigenvalue weighted by Crippen LogP contribution is -2.50. The summed E-state index contributed by atoms with van der Waals surface area (Å²) < 4.78 is 6.15. The molecule has 2 aliphatic rings. The highest BCUT2D eigenvalue weighted by molar-refractivity contribution is 5.22. The Morgan fingerprint density at radius 1 is 1.20 bits per heavy atom. The van der Waals surface area contributed by atoms with E-state index in [4.69, 9.17) is 4.74 Å². The molecule has 3 heterocycles. The molecule has 0 bridgehead atoms. The van der Waals surface area contributed by atoms with Gasteiger partial charge in [0.2, 0.25) is 5.95 Å². The first-order valence-corrected chi connectivity index (χ1v) is 9.09. The summed E-state index contributed by atoms with van der Waals surface area (Å²) >= 11 is 0. The maximum absolute atomic E-state index is 6.15. The van der Waals surface area contributed by atoms with Gasteiger partial charge in [-0.3, -0.25) is 9.88 Å². The van der Waals surface area contributed by atoms with E-state index in [0.717, 1.165) is 37.6 Å². The first kappa shape index (κ1) is 16.4. The van der Waals surface area contributed by atoms with E-state index >= 15 is 0 Å². The molecule has 4 rings (SSSR count). The summed E-state index contributed by atoms with van der Waals surface area (Å²) in [5, 5.41) is 3.36. The van der Waals surface area contributed by atoms with Gasteiger partial charge in [-0.25, -0.2) is 9.97 Å². The number of rotatable bonds is 5. The van der Waals surface area contributed by atoms with Crippen molar-refractivity contribution in [2.24, 2.45) is 5.92 Å². The van der Waals surface area contributed by atoms with E-state index in [1.807, 2.05) is 6.07 Å². The predicted molar refractivity (Wildman–Crippen MR) is 96.2 cm³/mol. The van der Waals surface area contributed by atoms with E-state index < -0.39 is 0 Å². The SMILES string of the molecule is Cc1cccc(CN2CCO[C@H]3C(CNc4ncccn4)CC[C@@H]32)n1. The number of hydrogen-bond acceptors (Lipinski definition) is 6. The third-order valence-corrected chi connectivity index (χ3v) is 5.23. The summed E-state index contributed by atoms with van der Waals surface area (Å²) in [7, 11) is 0. The molecule has 0 aromatic carbocycles. The zero-order chi connectivity index (χ0) is 17.1. The van der Waals surface area contributed by atoms with Crippen LogP contribution in [-0.4, -0.2) is 51.7 Å². The van der Waals surface area contributed by atoms with Crippen LogP contribution < -0.4 is 5.32 Å². The highest BCUT2D eigenvalue weighted by Gasteiger charge is 2.42. The topological polar surface area (TPSA) is 63.2 Å². The Hall–Kier alpha value is -2.05. The number of morpholine rings is 1. The summed E-state index contributed by atoms with van der Waals surface area (Å²) in [6.45, 7) is 5.61. The average Bonchev–Trinajstić information content (AvgIpc) is 3.05. The number of anilines is 1. The lowest BCUT2D eigenvalue weighted by molar-refractivity contribution is -0.0748. The average molecular weight is 339 g/mol. The molecule has 0 amide bonds. The van der Waals surface area contributed by atoms with E-state index in [-0.39, 0.29) is 6.10 Å². The summed E-state index contributed by atoms with van der Waals surface area (Å²) in [5.41, 5.74) is 2.23. The minimum Gasteiger partial charge on any atom is -0.375 e. The van der Waals surface area contributed by atoms with Gasteiger partial charge in [0.05, 0.1) is 18.4 Å². The summed E-state index contributed by atoms with van der Waals surface area (Å²) in [6.07, 6.45) is 6.17. The minimum atomic E-state index is 0.287. The number of aromatic nitrogens is 3. The highest BCUT2D eigenvalue weighted by Crippen LogP contribution is 2.35. The third kappa shape index (κ3) is 3.80. The van der Waals surface area contributed by atoms with Crippen LogP contribution in [0.3, 0.4) is 0 Å². The molecule has 3 atom stereocenters. The van der Waals surface area contributed by atoms with E-state index in [0.29, 0.717) is 17.9 Å². The Kier molecular flexibility index (Phi) is 4.90. The largest absolute Gasteiger partial charge is 0.375 e. The van der Waals surface area contributed by atoms with Crippen LogP contribution >= 0.6 is 0 Å². The van der Waals surface area contributed by atoms with Crippen molar-refractivity contribution in [1.29, 1.82) is 0 Å². The smallest absolute Gasteiger partial charge is 0.222 e. The maximum Gasteiger partial charge on any atom is 0.222 e. The normalized spacial score (nSPS) is 26.4. The molecule has 2 fully saturated rings. The van der Waals surface area contributed by atoms with Crippen LogP contribution in [0.5, 0.6) is 0 Å². The summed E-state index contributed by atoms with van der Waals surface area (Å²) in [4.78, 5) is 15.7. The highest BCUT2D eigenvalue weighted by atomic mass is 16.5. The Morgan fingerprint density at radius 2 is 2.08 bits per heavy atom. The Morgan fingerprint density at radius 3 is 2.92 bits per heavy atom. The zero-order valence-corrected chi connectivity index (χ0v) is 14.6. The lowest BCUT2D eigenvalue weighted by Gasteiger charge is -2.39. The second-order valence-corrected chi connectivity index (χ2v) is 6.93. The van der Waals surface area contributed by atoms with Crippen molar-refractivity contribution in [1.82, 2.24) is 19.9 Å². The number of nitrogens with one attached hydrogen (secondary N) is 1. The Bertz CT molecular complexity index is 695. The van der Waals surface area contributed by atoms with E-state index in [9.17, 15) is 0 Å². The molecule has 1 aliphatic carbocycles. The van der Waals surface area contributed by atoms with Crippen molar-refractivity contribution >= 4 is 5.95 Å². The van der Waals surface area contributed by atoms with Gasteiger partial charge in [0, 0.05) is 49.7 Å². The first-order valence-electron chi connectivity index (χ1n) is 9.09. The second-order valence-electron chi connectivity index (χ2n) is 6.93. The van der Waals surface area contributed by atoms with Crippen LogP contribution in [0.4, 0.5) is 5.95 Å². The van der Waals surface area contributed by atoms with Gasteiger partial charge in [0.15, 0.2) is 0 Å². The molecule has 1 saturated heterocycles. The van der Waals surface area contributed by atoms with Gasteiger partial charge in [-0.05, 0) is 38.0 Å². The molecular formula is C19H25N5O. The summed E-state index contributed by atoms with van der Waals surface area (Å²) in [5.74, 6) is 1.20. The quantitative estimate of drug-likeness (QED) is 0.902. The van der Waals surface area contributed by atoms with Crippen LogP contribution in [0.2, 0.25) is 0 Å². The minimum absolute atomic E-state index is 0.287. The van der Waals surface area contributed by atoms with Gasteiger partial charge >= 0.3 is 0 Å². The maximum atomic E-state index is 6.15. The van der Waals surface area contributed by atoms with Gasteiger partial charge in [0.1, 0.15) is 0 Å². The fourth-order valence-corrected chi connectivity index (χ4v) is 4.06. The fraction of sp³-hybridized carbons (Fsp3) is 0.526. The molecular weight excluding hydrogens is 314 g/mol. The van der Waals surface area contributed by atoms with Crippen molar-refractivity contribution in [2.45, 2.75) is 38.5 Å². The van der Waals surface area contributed by atoms with Crippen molar-refractivity contribution < 1.29 is 4.74 Å². The molecule has 0 spiro atoms. The molecule has 1 saturated carbocycles. The second kappa shape index (κ2) is 7.45. The Labute approximate surface area is 148 Å². The first-order chi connectivity index (χ1) is 12.3. The number of aryl methyl sites for hydroxylation is 1. The number of hydrogen-bond donors (Lipinski definition) is 1. The van der Waals surface area contributed by atoms with Gasteiger partial charge in [-0.1, -0.05) is 6.07 Å². The van der Waals surface area contributed by atoms with Crippen molar-refractivity contribution in [3.05, 3.63) is 48.0 Å². The summed E-state index contributed by atoms with van der Waals surface area (Å²) in [6, 6.07) is 8.58. The van der Waals surface area contributed by atoms with E-state index in [1.165, 1.54) is 12.8 Å². The molecule has 6 nitrogen and oxygen atoms in total.